The molecule has 0 fully saturated rings. The Balaban J connectivity index is 0.765. The summed E-state index contributed by atoms with van der Waals surface area (Å²) in [4.78, 5) is 0. The minimum atomic E-state index is -2.94. The molecule has 0 N–H and O–H groups in total. The predicted octanol–water partition coefficient (Wildman–Crippen LogP) is 20.6. The van der Waals surface area contributed by atoms with E-state index in [0.29, 0.717) is 0 Å². The number of hydrogen-bond acceptors (Lipinski definition) is 6. The maximum Gasteiger partial charge on any atom is 0.148 e. The summed E-state index contributed by atoms with van der Waals surface area (Å²) in [5.41, 5.74) is 18.7. The van der Waals surface area contributed by atoms with Gasteiger partial charge in [0.2, 0.25) is 0 Å². The molecule has 14 aromatic carbocycles. The van der Waals surface area contributed by atoms with Gasteiger partial charge in [0.1, 0.15) is 46.0 Å². The van der Waals surface area contributed by atoms with E-state index in [1.807, 2.05) is 18.2 Å². The molecule has 4 aliphatic rings. The molecule has 434 valence electrons. The van der Waals surface area contributed by atoms with Gasteiger partial charge >= 0.3 is 0 Å². The second kappa shape index (κ2) is 21.6. The van der Waals surface area contributed by atoms with Crippen LogP contribution in [0.1, 0.15) is 0 Å². The van der Waals surface area contributed by atoms with Crippen molar-refractivity contribution in [2.45, 2.75) is 0 Å². The Labute approximate surface area is 544 Å². The first-order valence-corrected chi connectivity index (χ1v) is 36.4. The number of hydrogen-bond donors (Lipinski definition) is 0. The van der Waals surface area contributed by atoms with Gasteiger partial charge in [-0.1, -0.05) is 278 Å². The molecule has 8 heteroatoms. The van der Waals surface area contributed by atoms with E-state index in [9.17, 15) is 0 Å². The summed E-state index contributed by atoms with van der Waals surface area (Å²) in [6.07, 6.45) is 0. The third-order valence-electron chi connectivity index (χ3n) is 18.4. The highest BCUT2D eigenvalue weighted by Gasteiger charge is 2.48. The summed E-state index contributed by atoms with van der Waals surface area (Å²) >= 11 is 14.9. The van der Waals surface area contributed by atoms with Gasteiger partial charge in [-0.3, -0.25) is 0 Å². The van der Waals surface area contributed by atoms with Crippen LogP contribution in [0.5, 0.6) is 46.0 Å². The summed E-state index contributed by atoms with van der Waals surface area (Å²) in [7, 11) is 0. The molecule has 0 aliphatic carbocycles. The molecule has 0 spiro atoms. The zero-order valence-electron chi connectivity index (χ0n) is 49.4. The third kappa shape index (κ3) is 8.63. The van der Waals surface area contributed by atoms with Crippen molar-refractivity contribution in [3.63, 3.8) is 0 Å². The third-order valence-corrected chi connectivity index (χ3v) is 28.1. The Morgan fingerprint density at radius 1 is 0.185 bits per heavy atom. The zero-order valence-corrected chi connectivity index (χ0v) is 52.8. The number of rotatable bonds is 9. The maximum atomic E-state index is 7.45. The highest BCUT2D eigenvalue weighted by atomic mass is 32.4. The lowest BCUT2D eigenvalue weighted by Crippen LogP contribution is -2.36. The first-order chi connectivity index (χ1) is 45.3. The molecule has 0 radical (unpaired) electrons. The standard InChI is InChI=1S/C84H52O4P2S2/c91-89-74-46-43-62(53-21-7-1-8-22-53)48-73(74)87-80-68(59-29-15-5-16-30-59)52-70(81(83(80)89)86-71-44-41-63(49-76(71)89)54-23-9-2-10-24-54)65-34-19-33-61(47-65)55-37-39-56(40-38-55)64-42-45-72-77(50-64)90(92)75-36-20-35-66(57-25-11-3-12-26-57)78(75)88-82-69(60-31-17-6-18-32-60)51-67(79(85-72)84(82)90)58-27-13-4-14-28-58/h1-52H. The van der Waals surface area contributed by atoms with Gasteiger partial charge in [0, 0.05) is 49.0 Å². The molecule has 0 amide bonds. The van der Waals surface area contributed by atoms with E-state index >= 15 is 0 Å². The molecule has 4 aliphatic heterocycles. The Bertz CT molecular complexity index is 5430. The molecule has 0 saturated carbocycles. The van der Waals surface area contributed by atoms with Crippen molar-refractivity contribution in [1.29, 1.82) is 0 Å². The monoisotopic (exact) mass is 1250 g/mol. The van der Waals surface area contributed by atoms with E-state index in [1.165, 1.54) is 0 Å². The zero-order chi connectivity index (χ0) is 61.1. The van der Waals surface area contributed by atoms with Crippen LogP contribution in [0.15, 0.2) is 315 Å². The summed E-state index contributed by atoms with van der Waals surface area (Å²) in [6.45, 7) is 0. The van der Waals surface area contributed by atoms with Crippen LogP contribution in [0.2, 0.25) is 0 Å². The minimum Gasteiger partial charge on any atom is -0.455 e. The van der Waals surface area contributed by atoms with Crippen LogP contribution in [-0.4, -0.2) is 0 Å². The van der Waals surface area contributed by atoms with Crippen molar-refractivity contribution >= 4 is 67.5 Å². The van der Waals surface area contributed by atoms with Crippen molar-refractivity contribution in [2.24, 2.45) is 0 Å². The van der Waals surface area contributed by atoms with Gasteiger partial charge in [-0.05, 0) is 133 Å². The van der Waals surface area contributed by atoms with E-state index < -0.39 is 12.1 Å². The molecule has 2 unspecified atom stereocenters. The molecule has 0 saturated heterocycles. The predicted molar refractivity (Wildman–Crippen MR) is 388 cm³/mol. The van der Waals surface area contributed by atoms with E-state index in [0.717, 1.165) is 178 Å². The summed E-state index contributed by atoms with van der Waals surface area (Å²) in [6, 6.07) is 106. The number of benzene rings is 14. The average Bonchev–Trinajstić information content (AvgIpc) is 0.696. The largest absolute Gasteiger partial charge is 0.455 e. The van der Waals surface area contributed by atoms with Crippen molar-refractivity contribution in [3.05, 3.63) is 315 Å². The highest BCUT2D eigenvalue weighted by Crippen LogP contribution is 2.65. The molecule has 0 aromatic heterocycles. The van der Waals surface area contributed by atoms with Crippen molar-refractivity contribution in [3.8, 4) is 146 Å². The van der Waals surface area contributed by atoms with Gasteiger partial charge in [0.15, 0.2) is 0 Å². The van der Waals surface area contributed by atoms with Gasteiger partial charge in [0.25, 0.3) is 0 Å². The van der Waals surface area contributed by atoms with Gasteiger partial charge in [-0.25, -0.2) is 0 Å². The Morgan fingerprint density at radius 2 is 0.511 bits per heavy atom. The second-order valence-corrected chi connectivity index (χ2v) is 32.2. The quantitative estimate of drug-likeness (QED) is 0.134. The van der Waals surface area contributed by atoms with Crippen LogP contribution >= 0.6 is 12.1 Å². The maximum absolute atomic E-state index is 7.45. The molecule has 4 nitrogen and oxygen atoms in total. The fourth-order valence-corrected chi connectivity index (χ4v) is 22.9. The lowest BCUT2D eigenvalue weighted by atomic mass is 9.94. The van der Waals surface area contributed by atoms with Crippen molar-refractivity contribution in [1.82, 2.24) is 0 Å². The van der Waals surface area contributed by atoms with Gasteiger partial charge in [-0.2, -0.15) is 0 Å². The first-order valence-electron chi connectivity index (χ1n) is 30.8. The minimum absolute atomic E-state index is 0.734. The SMILES string of the molecule is S=P12c3ccc(-c4ccccc4)cc3Oc3c(-c4ccccc4)cc(-c4cccc(-c5ccc(-c6ccc7c(c6)P6(=S)c8cccc(-c9ccccc9)c8Oc8c(-c9ccccc9)cc(-c9ccccc9)c(c86)O7)cc5)c4)c(c31)Oc1ccc(-c3ccccc3)cc12. The summed E-state index contributed by atoms with van der Waals surface area (Å²) in [5.74, 6) is 6.07. The van der Waals surface area contributed by atoms with Crippen LogP contribution < -0.4 is 50.8 Å². The summed E-state index contributed by atoms with van der Waals surface area (Å²) < 4.78 is 29.3. The highest BCUT2D eigenvalue weighted by molar-refractivity contribution is 8.26. The number of para-hydroxylation sites is 1. The lowest BCUT2D eigenvalue weighted by molar-refractivity contribution is 0.468. The molecular weight excluding hydrogens is 1200 g/mol. The topological polar surface area (TPSA) is 36.9 Å². The Kier molecular flexibility index (Phi) is 12.8. The summed E-state index contributed by atoms with van der Waals surface area (Å²) in [5, 5.41) is 5.90. The van der Waals surface area contributed by atoms with E-state index in [2.05, 4.69) is 297 Å². The van der Waals surface area contributed by atoms with Gasteiger partial charge in [0.05, 0.1) is 22.7 Å². The van der Waals surface area contributed by atoms with Crippen LogP contribution in [0.25, 0.3) is 100 Å². The van der Waals surface area contributed by atoms with Crippen LogP contribution in [-0.2, 0) is 23.6 Å². The number of ether oxygens (including phenoxy) is 4. The molecule has 4 heterocycles. The Hall–Kier alpha value is -10.4. The lowest BCUT2D eigenvalue weighted by Gasteiger charge is -2.40. The Morgan fingerprint density at radius 3 is 0.989 bits per heavy atom. The fraction of sp³-hybridized carbons (Fsp3) is 0. The molecule has 18 rings (SSSR count). The fourth-order valence-electron chi connectivity index (χ4n) is 13.9. The number of fused-ring (bicyclic) bond motifs is 8. The second-order valence-electron chi connectivity index (χ2n) is 23.6. The van der Waals surface area contributed by atoms with Crippen molar-refractivity contribution in [2.75, 3.05) is 0 Å². The van der Waals surface area contributed by atoms with Crippen LogP contribution in [0.3, 0.4) is 0 Å². The molecule has 14 aromatic rings. The van der Waals surface area contributed by atoms with Crippen LogP contribution in [0.4, 0.5) is 0 Å². The van der Waals surface area contributed by atoms with E-state index in [4.69, 9.17) is 42.6 Å². The van der Waals surface area contributed by atoms with Crippen molar-refractivity contribution < 1.29 is 18.9 Å². The molecule has 0 bridgehead atoms. The first kappa shape index (κ1) is 54.5. The average molecular weight is 1250 g/mol. The van der Waals surface area contributed by atoms with Gasteiger partial charge in [-0.15, -0.1) is 0 Å². The molecule has 2 atom stereocenters. The molecular formula is C84H52O4P2S2. The van der Waals surface area contributed by atoms with Crippen LogP contribution in [0, 0.1) is 0 Å². The van der Waals surface area contributed by atoms with E-state index in [1.54, 1.807) is 0 Å². The van der Waals surface area contributed by atoms with E-state index in [-0.39, 0.29) is 0 Å². The molecule has 92 heavy (non-hydrogen) atoms. The smallest absolute Gasteiger partial charge is 0.148 e. The van der Waals surface area contributed by atoms with Gasteiger partial charge < -0.3 is 18.9 Å². The normalized spacial score (nSPS) is 15.7.